The van der Waals surface area contributed by atoms with Gasteiger partial charge in [0, 0.05) is 28.3 Å². The third kappa shape index (κ3) is 5.73. The minimum Gasteiger partial charge on any atom is -0.334 e. The third-order valence-corrected chi connectivity index (χ3v) is 4.40. The number of benzene rings is 2. The molecule has 3 rings (SSSR count). The Labute approximate surface area is 184 Å². The highest BCUT2D eigenvalue weighted by atomic mass is 79.9. The number of nitro groups is 1. The van der Waals surface area contributed by atoms with Gasteiger partial charge in [0.15, 0.2) is 0 Å². The first-order valence-electron chi connectivity index (χ1n) is 8.79. The number of nitrogens with zero attached hydrogens (tertiary/aromatic N) is 3. The molecule has 11 nitrogen and oxygen atoms in total. The van der Waals surface area contributed by atoms with Crippen molar-refractivity contribution < 1.29 is 14.5 Å². The molecule has 1 aromatic heterocycles. The monoisotopic (exact) mass is 485 g/mol. The summed E-state index contributed by atoms with van der Waals surface area (Å²) in [7, 11) is 0. The van der Waals surface area contributed by atoms with Crippen molar-refractivity contribution in [2.75, 3.05) is 16.1 Å². The van der Waals surface area contributed by atoms with Gasteiger partial charge in [-0.25, -0.2) is 9.97 Å². The molecule has 0 bridgehead atoms. The number of hydrogen-bond donors (Lipinski definition) is 4. The normalized spacial score (nSPS) is 10.1. The van der Waals surface area contributed by atoms with Gasteiger partial charge in [-0.15, -0.1) is 0 Å². The van der Waals surface area contributed by atoms with Crippen molar-refractivity contribution in [3.8, 4) is 0 Å². The topological polar surface area (TPSA) is 151 Å². The first kappa shape index (κ1) is 21.6. The van der Waals surface area contributed by atoms with E-state index in [0.29, 0.717) is 16.9 Å². The van der Waals surface area contributed by atoms with Crippen LogP contribution in [0.3, 0.4) is 0 Å². The summed E-state index contributed by atoms with van der Waals surface area (Å²) in [6, 6.07) is 13.1. The Hall–Kier alpha value is -4.06. The smallest absolute Gasteiger partial charge is 0.334 e. The summed E-state index contributed by atoms with van der Waals surface area (Å²) in [6.45, 7) is 1.39. The van der Waals surface area contributed by atoms with Gasteiger partial charge in [-0.05, 0) is 48.5 Å². The van der Waals surface area contributed by atoms with Gasteiger partial charge in [0.25, 0.3) is 5.91 Å². The lowest BCUT2D eigenvalue weighted by Crippen LogP contribution is -2.30. The Morgan fingerprint density at radius 2 is 1.58 bits per heavy atom. The summed E-state index contributed by atoms with van der Waals surface area (Å²) in [5.41, 5.74) is 5.83. The predicted octanol–water partition coefficient (Wildman–Crippen LogP) is 3.61. The Bertz CT molecular complexity index is 1120. The average Bonchev–Trinajstić information content (AvgIpc) is 2.73. The molecule has 0 saturated carbocycles. The molecule has 0 fully saturated rings. The second-order valence-electron chi connectivity index (χ2n) is 6.15. The van der Waals surface area contributed by atoms with Crippen LogP contribution in [0.5, 0.6) is 0 Å². The number of carbonyl (C=O) groups excluding carboxylic acids is 2. The molecule has 0 aliphatic rings. The molecular formula is C19H16BrN7O4. The standard InChI is InChI=1S/C19H16BrN7O4/c1-11(28)23-14-6-8-15(9-7-14)24-17-16(27(30)31)18(22-10-21-17)25-26-19(29)12-2-4-13(20)5-3-12/h2-10H,1H3,(H,23,28)(H,26,29)(H2,21,22,24,25). The lowest BCUT2D eigenvalue weighted by Gasteiger charge is -2.11. The van der Waals surface area contributed by atoms with Crippen LogP contribution >= 0.6 is 15.9 Å². The van der Waals surface area contributed by atoms with Crippen molar-refractivity contribution in [3.63, 3.8) is 0 Å². The van der Waals surface area contributed by atoms with E-state index in [1.807, 2.05) is 0 Å². The van der Waals surface area contributed by atoms with Crippen molar-refractivity contribution in [1.82, 2.24) is 15.4 Å². The molecule has 0 radical (unpaired) electrons. The SMILES string of the molecule is CC(=O)Nc1ccc(Nc2ncnc(NNC(=O)c3ccc(Br)cc3)c2[N+](=O)[O-])cc1. The zero-order valence-electron chi connectivity index (χ0n) is 16.0. The highest BCUT2D eigenvalue weighted by Gasteiger charge is 2.23. The van der Waals surface area contributed by atoms with E-state index in [-0.39, 0.29) is 17.5 Å². The highest BCUT2D eigenvalue weighted by molar-refractivity contribution is 9.10. The van der Waals surface area contributed by atoms with Crippen LogP contribution in [0, 0.1) is 10.1 Å². The summed E-state index contributed by atoms with van der Waals surface area (Å²) in [6.07, 6.45) is 1.12. The van der Waals surface area contributed by atoms with Crippen molar-refractivity contribution in [3.05, 3.63) is 75.0 Å². The lowest BCUT2D eigenvalue weighted by molar-refractivity contribution is -0.383. The van der Waals surface area contributed by atoms with Crippen molar-refractivity contribution in [1.29, 1.82) is 0 Å². The van der Waals surface area contributed by atoms with E-state index < -0.39 is 16.5 Å². The Kier molecular flexibility index (Phi) is 6.72. The molecule has 0 saturated heterocycles. The van der Waals surface area contributed by atoms with Gasteiger partial charge in [-0.2, -0.15) is 0 Å². The second kappa shape index (κ2) is 9.63. The first-order chi connectivity index (χ1) is 14.8. The molecule has 31 heavy (non-hydrogen) atoms. The summed E-state index contributed by atoms with van der Waals surface area (Å²) < 4.78 is 0.810. The van der Waals surface area contributed by atoms with Crippen LogP contribution in [0.2, 0.25) is 0 Å². The molecule has 0 aliphatic heterocycles. The number of nitrogens with one attached hydrogen (secondary N) is 4. The zero-order valence-corrected chi connectivity index (χ0v) is 17.6. The molecule has 3 aromatic rings. The summed E-state index contributed by atoms with van der Waals surface area (Å²) in [5.74, 6) is -0.980. The Morgan fingerprint density at radius 3 is 2.19 bits per heavy atom. The molecule has 0 atom stereocenters. The first-order valence-corrected chi connectivity index (χ1v) is 9.59. The molecule has 0 spiro atoms. The number of hydrazine groups is 1. The summed E-state index contributed by atoms with van der Waals surface area (Å²) in [4.78, 5) is 42.1. The van der Waals surface area contributed by atoms with Crippen molar-refractivity contribution >= 4 is 56.4 Å². The number of halogens is 1. The number of hydrogen-bond acceptors (Lipinski definition) is 8. The minimum absolute atomic E-state index is 0.0762. The molecule has 4 N–H and O–H groups in total. The fourth-order valence-corrected chi connectivity index (χ4v) is 2.77. The number of amides is 2. The number of aromatic nitrogens is 2. The van der Waals surface area contributed by atoms with E-state index in [1.54, 1.807) is 48.5 Å². The van der Waals surface area contributed by atoms with Gasteiger partial charge in [-0.1, -0.05) is 15.9 Å². The molecule has 12 heteroatoms. The third-order valence-electron chi connectivity index (χ3n) is 3.87. The summed E-state index contributed by atoms with van der Waals surface area (Å²) >= 11 is 3.28. The van der Waals surface area contributed by atoms with E-state index in [0.717, 1.165) is 10.8 Å². The molecule has 0 unspecified atom stereocenters. The number of anilines is 4. The van der Waals surface area contributed by atoms with Gasteiger partial charge in [0.2, 0.25) is 17.5 Å². The number of rotatable bonds is 7. The van der Waals surface area contributed by atoms with Gasteiger partial charge < -0.3 is 10.6 Å². The fraction of sp³-hybridized carbons (Fsp3) is 0.0526. The van der Waals surface area contributed by atoms with Crippen LogP contribution in [0.25, 0.3) is 0 Å². The molecular weight excluding hydrogens is 470 g/mol. The van der Waals surface area contributed by atoms with Gasteiger partial charge in [-0.3, -0.25) is 30.6 Å². The maximum absolute atomic E-state index is 12.2. The average molecular weight is 486 g/mol. The van der Waals surface area contributed by atoms with Crippen molar-refractivity contribution in [2.45, 2.75) is 6.92 Å². The maximum atomic E-state index is 12.2. The largest absolute Gasteiger partial charge is 0.355 e. The van der Waals surface area contributed by atoms with E-state index in [1.165, 1.54) is 6.92 Å². The van der Waals surface area contributed by atoms with Crippen LogP contribution < -0.4 is 21.5 Å². The van der Waals surface area contributed by atoms with Gasteiger partial charge in [0.1, 0.15) is 6.33 Å². The van der Waals surface area contributed by atoms with Crippen molar-refractivity contribution in [2.24, 2.45) is 0 Å². The molecule has 1 heterocycles. The molecule has 158 valence electrons. The van der Waals surface area contributed by atoms with E-state index in [9.17, 15) is 19.7 Å². The lowest BCUT2D eigenvalue weighted by atomic mass is 10.2. The van der Waals surface area contributed by atoms with E-state index >= 15 is 0 Å². The van der Waals surface area contributed by atoms with Crippen LogP contribution in [0.15, 0.2) is 59.3 Å². The second-order valence-corrected chi connectivity index (χ2v) is 7.06. The maximum Gasteiger partial charge on any atom is 0.355 e. The van der Waals surface area contributed by atoms with Gasteiger partial charge in [0.05, 0.1) is 4.92 Å². The molecule has 0 aliphatic carbocycles. The van der Waals surface area contributed by atoms with Crippen LogP contribution in [0.1, 0.15) is 17.3 Å². The molecule has 2 aromatic carbocycles. The van der Waals surface area contributed by atoms with Crippen LogP contribution in [-0.4, -0.2) is 26.7 Å². The quantitative estimate of drug-likeness (QED) is 0.292. The number of carbonyl (C=O) groups is 2. The van der Waals surface area contributed by atoms with E-state index in [2.05, 4.69) is 47.4 Å². The Balaban J connectivity index is 1.77. The van der Waals surface area contributed by atoms with Gasteiger partial charge >= 0.3 is 5.69 Å². The molecule has 2 amide bonds. The van der Waals surface area contributed by atoms with Crippen LogP contribution in [0.4, 0.5) is 28.7 Å². The fourth-order valence-electron chi connectivity index (χ4n) is 2.50. The van der Waals surface area contributed by atoms with E-state index in [4.69, 9.17) is 0 Å². The highest BCUT2D eigenvalue weighted by Crippen LogP contribution is 2.31. The predicted molar refractivity (Wildman–Crippen MR) is 118 cm³/mol. The zero-order chi connectivity index (χ0) is 22.4. The summed E-state index contributed by atoms with van der Waals surface area (Å²) in [5, 5.41) is 17.1. The minimum atomic E-state index is -0.665. The Morgan fingerprint density at radius 1 is 0.968 bits per heavy atom. The van der Waals surface area contributed by atoms with Crippen LogP contribution in [-0.2, 0) is 4.79 Å².